The summed E-state index contributed by atoms with van der Waals surface area (Å²) < 4.78 is 41.1. The molecule has 134 valence electrons. The Labute approximate surface area is 137 Å². The molecule has 3 saturated heterocycles. The summed E-state index contributed by atoms with van der Waals surface area (Å²) in [6, 6.07) is 0. The van der Waals surface area contributed by atoms with Gasteiger partial charge in [0.05, 0.1) is 6.61 Å². The Hall–Kier alpha value is -0.280. The lowest BCUT2D eigenvalue weighted by atomic mass is 9.99. The van der Waals surface area contributed by atoms with Gasteiger partial charge < -0.3 is 33.2 Å². The Morgan fingerprint density at radius 1 is 0.870 bits per heavy atom. The van der Waals surface area contributed by atoms with Crippen LogP contribution >= 0.6 is 0 Å². The molecule has 0 aliphatic carbocycles. The summed E-state index contributed by atoms with van der Waals surface area (Å²) in [5.41, 5.74) is 0. The largest absolute Gasteiger partial charge is 0.354 e. The SMILES string of the molecule is COC(C)(C)OC[C@H]1O[C@@H]2OC(C)(C)O[C@@H]2[C@H]2OC(C)(C)O[C@H]21. The van der Waals surface area contributed by atoms with Gasteiger partial charge in [0.25, 0.3) is 0 Å². The van der Waals surface area contributed by atoms with E-state index in [2.05, 4.69) is 0 Å². The monoisotopic (exact) mass is 332 g/mol. The van der Waals surface area contributed by atoms with E-state index < -0.39 is 23.7 Å². The van der Waals surface area contributed by atoms with Gasteiger partial charge in [-0.1, -0.05) is 0 Å². The van der Waals surface area contributed by atoms with Crippen molar-refractivity contribution >= 4 is 0 Å². The van der Waals surface area contributed by atoms with Crippen molar-refractivity contribution in [3.05, 3.63) is 0 Å². The van der Waals surface area contributed by atoms with Crippen molar-refractivity contribution in [2.45, 2.75) is 89.6 Å². The van der Waals surface area contributed by atoms with E-state index >= 15 is 0 Å². The second-order valence-electron chi connectivity index (χ2n) is 7.62. The molecular formula is C16H28O7. The topological polar surface area (TPSA) is 64.6 Å². The van der Waals surface area contributed by atoms with E-state index in [1.54, 1.807) is 7.11 Å². The predicted molar refractivity (Wildman–Crippen MR) is 79.6 cm³/mol. The molecule has 3 aliphatic rings. The Morgan fingerprint density at radius 2 is 1.43 bits per heavy atom. The summed E-state index contributed by atoms with van der Waals surface area (Å²) in [5, 5.41) is 0. The number of hydrogen-bond acceptors (Lipinski definition) is 7. The fourth-order valence-corrected chi connectivity index (χ4v) is 3.17. The molecule has 0 radical (unpaired) electrons. The zero-order valence-corrected chi connectivity index (χ0v) is 15.0. The summed E-state index contributed by atoms with van der Waals surface area (Å²) in [6.45, 7) is 11.5. The van der Waals surface area contributed by atoms with Crippen LogP contribution < -0.4 is 0 Å². The molecule has 3 rings (SSSR count). The van der Waals surface area contributed by atoms with Crippen LogP contribution in [-0.2, 0) is 33.2 Å². The highest BCUT2D eigenvalue weighted by atomic mass is 16.9. The predicted octanol–water partition coefficient (Wildman–Crippen LogP) is 1.78. The first-order valence-electron chi connectivity index (χ1n) is 8.08. The average molecular weight is 332 g/mol. The molecule has 23 heavy (non-hydrogen) atoms. The molecule has 0 spiro atoms. The van der Waals surface area contributed by atoms with Gasteiger partial charge in [-0.3, -0.25) is 0 Å². The molecule has 3 aliphatic heterocycles. The van der Waals surface area contributed by atoms with Gasteiger partial charge >= 0.3 is 0 Å². The molecule has 5 atom stereocenters. The summed E-state index contributed by atoms with van der Waals surface area (Å²) in [5.74, 6) is -2.10. The van der Waals surface area contributed by atoms with Crippen LogP contribution in [0.4, 0.5) is 0 Å². The number of ether oxygens (including phenoxy) is 7. The third-order valence-electron chi connectivity index (χ3n) is 4.34. The lowest BCUT2D eigenvalue weighted by Crippen LogP contribution is -2.56. The Bertz CT molecular complexity index is 448. The lowest BCUT2D eigenvalue weighted by molar-refractivity contribution is -0.270. The van der Waals surface area contributed by atoms with Crippen LogP contribution in [-0.4, -0.2) is 61.8 Å². The minimum atomic E-state index is -0.711. The smallest absolute Gasteiger partial charge is 0.190 e. The van der Waals surface area contributed by atoms with Crippen LogP contribution in [0.15, 0.2) is 0 Å². The summed E-state index contributed by atoms with van der Waals surface area (Å²) in [6.07, 6.45) is -1.68. The third-order valence-corrected chi connectivity index (χ3v) is 4.34. The molecule has 0 amide bonds. The van der Waals surface area contributed by atoms with Gasteiger partial charge in [0.15, 0.2) is 23.7 Å². The number of rotatable bonds is 4. The molecule has 0 saturated carbocycles. The van der Waals surface area contributed by atoms with Crippen LogP contribution in [0.5, 0.6) is 0 Å². The maximum atomic E-state index is 6.06. The van der Waals surface area contributed by atoms with Crippen LogP contribution in [0, 0.1) is 0 Å². The standard InChI is InChI=1S/C16H28O7/c1-14(2,17-7)18-8-9-10-11(21-15(3,4)20-10)12-13(19-9)23-16(5,6)22-12/h9-13H,8H2,1-7H3/t9-,10+,11+,12-,13-/m1/s1. The number of fused-ring (bicyclic) bond motifs is 3. The molecule has 0 aromatic rings. The second-order valence-corrected chi connectivity index (χ2v) is 7.62. The summed E-state index contributed by atoms with van der Waals surface area (Å²) >= 11 is 0. The van der Waals surface area contributed by atoms with Gasteiger partial charge in [-0.05, 0) is 41.5 Å². The highest BCUT2D eigenvalue weighted by Crippen LogP contribution is 2.44. The Kier molecular flexibility index (Phi) is 4.29. The Balaban J connectivity index is 1.76. The molecule has 3 fully saturated rings. The first kappa shape index (κ1) is 17.5. The van der Waals surface area contributed by atoms with E-state index in [1.807, 2.05) is 41.5 Å². The second kappa shape index (κ2) is 5.62. The fourth-order valence-electron chi connectivity index (χ4n) is 3.17. The third kappa shape index (κ3) is 3.56. The fraction of sp³-hybridized carbons (Fsp3) is 1.00. The van der Waals surface area contributed by atoms with Crippen molar-refractivity contribution in [1.29, 1.82) is 0 Å². The Morgan fingerprint density at radius 3 is 2.09 bits per heavy atom. The zero-order valence-electron chi connectivity index (χ0n) is 15.0. The summed E-state index contributed by atoms with van der Waals surface area (Å²) in [4.78, 5) is 0. The van der Waals surface area contributed by atoms with E-state index in [1.165, 1.54) is 0 Å². The molecular weight excluding hydrogens is 304 g/mol. The quantitative estimate of drug-likeness (QED) is 0.727. The van der Waals surface area contributed by atoms with Crippen LogP contribution in [0.25, 0.3) is 0 Å². The molecule has 0 aromatic heterocycles. The van der Waals surface area contributed by atoms with Gasteiger partial charge in [-0.25, -0.2) is 0 Å². The van der Waals surface area contributed by atoms with Crippen molar-refractivity contribution in [1.82, 2.24) is 0 Å². The van der Waals surface area contributed by atoms with Crippen molar-refractivity contribution in [2.75, 3.05) is 13.7 Å². The van der Waals surface area contributed by atoms with E-state index in [-0.39, 0.29) is 24.4 Å². The molecule has 7 nitrogen and oxygen atoms in total. The van der Waals surface area contributed by atoms with E-state index in [0.29, 0.717) is 6.61 Å². The van der Waals surface area contributed by atoms with Crippen LogP contribution in [0.3, 0.4) is 0 Å². The molecule has 0 unspecified atom stereocenters. The van der Waals surface area contributed by atoms with Crippen LogP contribution in [0.1, 0.15) is 41.5 Å². The highest BCUT2D eigenvalue weighted by Gasteiger charge is 2.60. The van der Waals surface area contributed by atoms with Crippen molar-refractivity contribution in [2.24, 2.45) is 0 Å². The van der Waals surface area contributed by atoms with Gasteiger partial charge in [0.1, 0.15) is 24.4 Å². The normalized spacial score (nSPS) is 41.6. The molecule has 0 N–H and O–H groups in total. The van der Waals surface area contributed by atoms with Crippen molar-refractivity contribution in [3.8, 4) is 0 Å². The van der Waals surface area contributed by atoms with Gasteiger partial charge in [-0.2, -0.15) is 0 Å². The van der Waals surface area contributed by atoms with E-state index in [9.17, 15) is 0 Å². The van der Waals surface area contributed by atoms with E-state index in [4.69, 9.17) is 33.2 Å². The maximum absolute atomic E-state index is 6.06. The minimum absolute atomic E-state index is 0.259. The van der Waals surface area contributed by atoms with Crippen LogP contribution in [0.2, 0.25) is 0 Å². The first-order valence-corrected chi connectivity index (χ1v) is 8.08. The lowest BCUT2D eigenvalue weighted by Gasteiger charge is -2.38. The zero-order chi connectivity index (χ0) is 17.0. The molecule has 3 heterocycles. The summed E-state index contributed by atoms with van der Waals surface area (Å²) in [7, 11) is 1.61. The number of hydrogen-bond donors (Lipinski definition) is 0. The molecule has 7 heteroatoms. The minimum Gasteiger partial charge on any atom is -0.354 e. The van der Waals surface area contributed by atoms with E-state index in [0.717, 1.165) is 0 Å². The molecule has 0 aromatic carbocycles. The van der Waals surface area contributed by atoms with Crippen molar-refractivity contribution < 1.29 is 33.2 Å². The van der Waals surface area contributed by atoms with Gasteiger partial charge in [0, 0.05) is 7.11 Å². The number of methoxy groups -OCH3 is 1. The van der Waals surface area contributed by atoms with Crippen molar-refractivity contribution in [3.63, 3.8) is 0 Å². The first-order chi connectivity index (χ1) is 10.5. The highest BCUT2D eigenvalue weighted by molar-refractivity contribution is 5.00. The average Bonchev–Trinajstić information content (AvgIpc) is 2.90. The maximum Gasteiger partial charge on any atom is 0.190 e. The van der Waals surface area contributed by atoms with Gasteiger partial charge in [0.2, 0.25) is 0 Å². The molecule has 0 bridgehead atoms. The van der Waals surface area contributed by atoms with Gasteiger partial charge in [-0.15, -0.1) is 0 Å².